The first-order valence-electron chi connectivity index (χ1n) is 11.1. The van der Waals surface area contributed by atoms with Crippen molar-refractivity contribution in [2.75, 3.05) is 0 Å². The molecule has 0 atom stereocenters. The normalized spacial score (nSPS) is 14.2. The van der Waals surface area contributed by atoms with Gasteiger partial charge in [0.25, 0.3) is 0 Å². The van der Waals surface area contributed by atoms with Crippen LogP contribution in [0.1, 0.15) is 43.5 Å². The number of aromatic nitrogens is 2. The van der Waals surface area contributed by atoms with E-state index in [-0.39, 0.29) is 5.41 Å². The zero-order chi connectivity index (χ0) is 21.2. The summed E-state index contributed by atoms with van der Waals surface area (Å²) in [6.07, 6.45) is 3.87. The molecule has 0 amide bonds. The molecule has 0 unspecified atom stereocenters. The largest absolute Gasteiger partial charge is 0.437 e. The van der Waals surface area contributed by atoms with Gasteiger partial charge in [-0.25, -0.2) is 4.98 Å². The van der Waals surface area contributed by atoms with Crippen molar-refractivity contribution in [1.29, 1.82) is 0 Å². The summed E-state index contributed by atoms with van der Waals surface area (Å²) in [4.78, 5) is 9.77. The van der Waals surface area contributed by atoms with Gasteiger partial charge in [-0.2, -0.15) is 0 Å². The highest BCUT2D eigenvalue weighted by molar-refractivity contribution is 6.10. The van der Waals surface area contributed by atoms with Gasteiger partial charge in [0.05, 0.1) is 11.4 Å². The van der Waals surface area contributed by atoms with Gasteiger partial charge in [-0.15, -0.1) is 0 Å². The molecule has 0 spiro atoms. The molecule has 0 fully saturated rings. The molecule has 0 N–H and O–H groups in total. The molecule has 5 aromatic rings. The summed E-state index contributed by atoms with van der Waals surface area (Å²) < 4.78 is 6.47. The molecule has 3 nitrogen and oxygen atoms in total. The van der Waals surface area contributed by atoms with E-state index in [0.29, 0.717) is 0 Å². The molecule has 0 saturated carbocycles. The first-order chi connectivity index (χ1) is 15.2. The van der Waals surface area contributed by atoms with Crippen molar-refractivity contribution < 1.29 is 4.42 Å². The van der Waals surface area contributed by atoms with Gasteiger partial charge in [0, 0.05) is 33.5 Å². The second kappa shape index (κ2) is 6.52. The Labute approximate surface area is 181 Å². The Morgan fingerprint density at radius 3 is 2.45 bits per heavy atom. The highest BCUT2D eigenvalue weighted by Crippen LogP contribution is 2.53. The number of pyridine rings is 2. The fraction of sp³-hybridized carbons (Fsp3) is 0.214. The average molecular weight is 405 g/mol. The van der Waals surface area contributed by atoms with Crippen LogP contribution in [-0.2, 0) is 5.41 Å². The van der Waals surface area contributed by atoms with Crippen molar-refractivity contribution >= 4 is 22.1 Å². The molecule has 3 heterocycles. The number of rotatable bonds is 3. The zero-order valence-corrected chi connectivity index (χ0v) is 18.1. The van der Waals surface area contributed by atoms with Gasteiger partial charge in [-0.1, -0.05) is 56.3 Å². The molecule has 3 aromatic heterocycles. The van der Waals surface area contributed by atoms with Gasteiger partial charge in [-0.3, -0.25) is 4.98 Å². The van der Waals surface area contributed by atoms with Crippen molar-refractivity contribution in [2.24, 2.45) is 0 Å². The molecule has 3 heteroatoms. The van der Waals surface area contributed by atoms with Gasteiger partial charge in [0.2, 0.25) is 5.71 Å². The molecule has 0 saturated heterocycles. The number of hydrogen-bond donors (Lipinski definition) is 0. The van der Waals surface area contributed by atoms with E-state index in [0.717, 1.165) is 57.4 Å². The second-order valence-electron chi connectivity index (χ2n) is 8.52. The van der Waals surface area contributed by atoms with Gasteiger partial charge in [0.1, 0.15) is 5.58 Å². The Hall–Kier alpha value is -3.46. The van der Waals surface area contributed by atoms with E-state index in [9.17, 15) is 0 Å². The van der Waals surface area contributed by atoms with Crippen molar-refractivity contribution in [2.45, 2.75) is 39.0 Å². The topological polar surface area (TPSA) is 38.9 Å². The van der Waals surface area contributed by atoms with Crippen LogP contribution >= 0.6 is 0 Å². The number of nitrogens with zero attached hydrogens (tertiary/aromatic N) is 2. The van der Waals surface area contributed by atoms with Crippen LogP contribution in [0, 0.1) is 6.92 Å². The van der Waals surface area contributed by atoms with Crippen LogP contribution in [0.3, 0.4) is 0 Å². The monoisotopic (exact) mass is 404 g/mol. The fourth-order valence-corrected chi connectivity index (χ4v) is 5.49. The number of benzene rings is 2. The molecule has 31 heavy (non-hydrogen) atoms. The van der Waals surface area contributed by atoms with Crippen molar-refractivity contribution in [3.8, 4) is 22.4 Å². The minimum absolute atomic E-state index is 0.0567. The minimum Gasteiger partial charge on any atom is -0.437 e. The van der Waals surface area contributed by atoms with Crippen LogP contribution in [0.2, 0.25) is 0 Å². The lowest BCUT2D eigenvalue weighted by atomic mass is 9.76. The molecule has 0 radical (unpaired) electrons. The first kappa shape index (κ1) is 18.3. The van der Waals surface area contributed by atoms with Gasteiger partial charge >= 0.3 is 0 Å². The number of aryl methyl sites for hydroxylation is 1. The van der Waals surface area contributed by atoms with Crippen molar-refractivity contribution in [3.05, 3.63) is 83.7 Å². The Bertz CT molecular complexity index is 1460. The summed E-state index contributed by atoms with van der Waals surface area (Å²) in [6.45, 7) is 6.64. The van der Waals surface area contributed by atoms with Crippen LogP contribution in [0.5, 0.6) is 0 Å². The maximum Gasteiger partial charge on any atom is 0.227 e. The van der Waals surface area contributed by atoms with Gasteiger partial charge in [0.15, 0.2) is 0 Å². The lowest BCUT2D eigenvalue weighted by molar-refractivity contribution is 0.476. The molecular formula is C28H24N2O. The van der Waals surface area contributed by atoms with E-state index in [1.54, 1.807) is 0 Å². The van der Waals surface area contributed by atoms with Gasteiger partial charge in [-0.05, 0) is 54.7 Å². The standard InChI is InChI=1S/C28H24N2O/c1-4-28(5-2)22-11-7-6-10-18(22)20-16-21-19-14-13-17(3)24(23-12-8-9-15-29-23)25(19)31-27(21)30-26(20)28/h6-16H,4-5H2,1-3H3. The molecular weight excluding hydrogens is 380 g/mol. The third-order valence-corrected chi connectivity index (χ3v) is 7.16. The van der Waals surface area contributed by atoms with E-state index in [1.165, 1.54) is 16.7 Å². The Morgan fingerprint density at radius 1 is 0.871 bits per heavy atom. The van der Waals surface area contributed by atoms with E-state index in [1.807, 2.05) is 24.4 Å². The third kappa shape index (κ3) is 2.35. The van der Waals surface area contributed by atoms with Crippen LogP contribution in [-0.4, -0.2) is 9.97 Å². The summed E-state index contributed by atoms with van der Waals surface area (Å²) in [7, 11) is 0. The predicted octanol–water partition coefficient (Wildman–Crippen LogP) is 7.44. The van der Waals surface area contributed by atoms with E-state index >= 15 is 0 Å². The summed E-state index contributed by atoms with van der Waals surface area (Å²) in [5, 5.41) is 2.17. The Kier molecular flexibility index (Phi) is 3.85. The smallest absolute Gasteiger partial charge is 0.227 e. The van der Waals surface area contributed by atoms with Crippen LogP contribution in [0.25, 0.3) is 44.5 Å². The highest BCUT2D eigenvalue weighted by atomic mass is 16.3. The molecule has 0 aliphatic heterocycles. The summed E-state index contributed by atoms with van der Waals surface area (Å²) in [5.74, 6) is 0. The van der Waals surface area contributed by atoms with E-state index in [4.69, 9.17) is 9.40 Å². The van der Waals surface area contributed by atoms with Crippen LogP contribution in [0.4, 0.5) is 0 Å². The van der Waals surface area contributed by atoms with E-state index < -0.39 is 0 Å². The molecule has 0 bridgehead atoms. The average Bonchev–Trinajstić information content (AvgIpc) is 3.31. The van der Waals surface area contributed by atoms with Gasteiger partial charge < -0.3 is 4.42 Å². The minimum atomic E-state index is -0.0567. The third-order valence-electron chi connectivity index (χ3n) is 7.16. The number of fused-ring (bicyclic) bond motifs is 6. The predicted molar refractivity (Wildman–Crippen MR) is 126 cm³/mol. The summed E-state index contributed by atoms with van der Waals surface area (Å²) >= 11 is 0. The highest BCUT2D eigenvalue weighted by Gasteiger charge is 2.42. The quantitative estimate of drug-likeness (QED) is 0.314. The summed E-state index contributed by atoms with van der Waals surface area (Å²) in [6, 6.07) is 21.4. The first-order valence-corrected chi connectivity index (χ1v) is 11.1. The Morgan fingerprint density at radius 2 is 1.68 bits per heavy atom. The lowest BCUT2D eigenvalue weighted by Crippen LogP contribution is -2.24. The van der Waals surface area contributed by atoms with E-state index in [2.05, 4.69) is 68.2 Å². The maximum atomic E-state index is 6.47. The van der Waals surface area contributed by atoms with Crippen LogP contribution in [0.15, 0.2) is 71.3 Å². The number of furan rings is 1. The molecule has 6 rings (SSSR count). The van der Waals surface area contributed by atoms with Crippen molar-refractivity contribution in [1.82, 2.24) is 9.97 Å². The molecule has 152 valence electrons. The molecule has 1 aliphatic carbocycles. The molecule has 2 aromatic carbocycles. The summed E-state index contributed by atoms with van der Waals surface area (Å²) in [5.41, 5.74) is 9.76. The fourth-order valence-electron chi connectivity index (χ4n) is 5.49. The lowest BCUT2D eigenvalue weighted by Gasteiger charge is -2.28. The molecule has 1 aliphatic rings. The number of hydrogen-bond acceptors (Lipinski definition) is 3. The van der Waals surface area contributed by atoms with Crippen LogP contribution < -0.4 is 0 Å². The second-order valence-corrected chi connectivity index (χ2v) is 8.52. The zero-order valence-electron chi connectivity index (χ0n) is 18.1. The SMILES string of the molecule is CCC1(CC)c2ccccc2-c2cc3c(nc21)oc1c(-c2ccccn2)c(C)ccc13. The Balaban J connectivity index is 1.71. The van der Waals surface area contributed by atoms with Crippen molar-refractivity contribution in [3.63, 3.8) is 0 Å². The maximum absolute atomic E-state index is 6.47.